The molecule has 0 unspecified atom stereocenters. The lowest BCUT2D eigenvalue weighted by Gasteiger charge is -2.26. The second-order valence-electron chi connectivity index (χ2n) is 12.0. The summed E-state index contributed by atoms with van der Waals surface area (Å²) in [6.07, 6.45) is 1.64. The van der Waals surface area contributed by atoms with Gasteiger partial charge in [0.25, 0.3) is 0 Å². The second-order valence-corrected chi connectivity index (χ2v) is 12.0. The van der Waals surface area contributed by atoms with E-state index < -0.39 is 66.4 Å². The van der Waals surface area contributed by atoms with Gasteiger partial charge in [0.15, 0.2) is 0 Å². The summed E-state index contributed by atoms with van der Waals surface area (Å²) < 4.78 is 0. The topological polar surface area (TPSA) is 212 Å². The standard InChI is InChI=1S/C33H46N6O7/c1-20(2)16-25-30(43)39-28(19-40)33(46)38-27(18-22-11-13-23(41)14-12-22)32(45)37-26(17-21-8-4-3-5-9-21)31(44)35-24(29(42)36-25)10-6-7-15-34/h3-5,8-9,11-14,20,24-28,40-41H,6-7,10,15-19,34H2,1-2H3,(H,35,44)(H,36,42)(H,37,45)(H,38,46)(H,39,43)/t24-,25-,26-,27-,28-/m0/s1. The number of hydrogen-bond acceptors (Lipinski definition) is 8. The molecule has 1 heterocycles. The molecular formula is C33H46N6O7. The van der Waals surface area contributed by atoms with Crippen molar-refractivity contribution >= 4 is 29.5 Å². The summed E-state index contributed by atoms with van der Waals surface area (Å²) in [5, 5.41) is 33.2. The van der Waals surface area contributed by atoms with Crippen molar-refractivity contribution in [2.45, 2.75) is 82.6 Å². The van der Waals surface area contributed by atoms with Crippen LogP contribution in [-0.4, -0.2) is 83.1 Å². The van der Waals surface area contributed by atoms with Crippen molar-refractivity contribution in [3.63, 3.8) is 0 Å². The fraction of sp³-hybridized carbons (Fsp3) is 0.485. The van der Waals surface area contributed by atoms with Gasteiger partial charge < -0.3 is 42.5 Å². The zero-order valence-corrected chi connectivity index (χ0v) is 26.3. The van der Waals surface area contributed by atoms with Crippen LogP contribution in [0.5, 0.6) is 5.75 Å². The van der Waals surface area contributed by atoms with E-state index in [9.17, 15) is 34.2 Å². The van der Waals surface area contributed by atoms with E-state index in [1.807, 2.05) is 19.9 Å². The molecule has 0 spiro atoms. The van der Waals surface area contributed by atoms with Crippen molar-refractivity contribution < 1.29 is 34.2 Å². The number of unbranched alkanes of at least 4 members (excludes halogenated alkanes) is 1. The number of carbonyl (C=O) groups excluding carboxylic acids is 5. The van der Waals surface area contributed by atoms with Crippen LogP contribution in [0.15, 0.2) is 54.6 Å². The monoisotopic (exact) mass is 638 g/mol. The number of nitrogens with one attached hydrogen (secondary N) is 5. The summed E-state index contributed by atoms with van der Waals surface area (Å²) >= 11 is 0. The van der Waals surface area contributed by atoms with Crippen LogP contribution in [0.3, 0.4) is 0 Å². The van der Waals surface area contributed by atoms with Gasteiger partial charge in [-0.15, -0.1) is 0 Å². The fourth-order valence-corrected chi connectivity index (χ4v) is 5.16. The smallest absolute Gasteiger partial charge is 0.245 e. The molecule has 0 bridgehead atoms. The average molecular weight is 639 g/mol. The van der Waals surface area contributed by atoms with Gasteiger partial charge in [0.1, 0.15) is 36.0 Å². The molecule has 0 saturated carbocycles. The molecule has 13 nitrogen and oxygen atoms in total. The molecule has 250 valence electrons. The number of carbonyl (C=O) groups is 5. The Morgan fingerprint density at radius 2 is 1.09 bits per heavy atom. The number of amides is 5. The third-order valence-corrected chi connectivity index (χ3v) is 7.66. The Labute approximate surface area is 269 Å². The van der Waals surface area contributed by atoms with Crippen molar-refractivity contribution in [2.75, 3.05) is 13.2 Å². The highest BCUT2D eigenvalue weighted by atomic mass is 16.3. The van der Waals surface area contributed by atoms with Gasteiger partial charge in [-0.2, -0.15) is 0 Å². The number of benzene rings is 2. The summed E-state index contributed by atoms with van der Waals surface area (Å²) in [5.74, 6) is -3.45. The van der Waals surface area contributed by atoms with Gasteiger partial charge in [-0.05, 0) is 61.4 Å². The molecule has 13 heteroatoms. The molecule has 2 aromatic carbocycles. The Bertz CT molecular complexity index is 1320. The third-order valence-electron chi connectivity index (χ3n) is 7.66. The van der Waals surface area contributed by atoms with E-state index >= 15 is 0 Å². The van der Waals surface area contributed by atoms with Crippen LogP contribution in [0.2, 0.25) is 0 Å². The predicted octanol–water partition coefficient (Wildman–Crippen LogP) is -0.218. The maximum Gasteiger partial charge on any atom is 0.245 e. The van der Waals surface area contributed by atoms with E-state index in [1.54, 1.807) is 36.4 Å². The van der Waals surface area contributed by atoms with E-state index in [0.717, 1.165) is 5.56 Å². The average Bonchev–Trinajstić information content (AvgIpc) is 3.02. The second kappa shape index (κ2) is 17.9. The minimum Gasteiger partial charge on any atom is -0.508 e. The normalized spacial score (nSPS) is 23.3. The Balaban J connectivity index is 2.05. The minimum atomic E-state index is -1.43. The van der Waals surface area contributed by atoms with Crippen LogP contribution in [-0.2, 0) is 36.8 Å². The van der Waals surface area contributed by atoms with Gasteiger partial charge in [-0.3, -0.25) is 24.0 Å². The fourth-order valence-electron chi connectivity index (χ4n) is 5.16. The number of aliphatic hydroxyl groups excluding tert-OH is 1. The number of aliphatic hydroxyl groups is 1. The molecule has 2 aromatic rings. The largest absolute Gasteiger partial charge is 0.508 e. The Morgan fingerprint density at radius 3 is 1.63 bits per heavy atom. The van der Waals surface area contributed by atoms with Crippen LogP contribution in [0, 0.1) is 5.92 Å². The van der Waals surface area contributed by atoms with E-state index in [4.69, 9.17) is 5.73 Å². The summed E-state index contributed by atoms with van der Waals surface area (Å²) in [5.41, 5.74) is 7.01. The van der Waals surface area contributed by atoms with Gasteiger partial charge in [0.05, 0.1) is 6.61 Å². The third kappa shape index (κ3) is 11.1. The maximum absolute atomic E-state index is 13.8. The molecule has 3 rings (SSSR count). The summed E-state index contributed by atoms with van der Waals surface area (Å²) in [7, 11) is 0. The Morgan fingerprint density at radius 1 is 0.630 bits per heavy atom. The van der Waals surface area contributed by atoms with Gasteiger partial charge >= 0.3 is 0 Å². The number of phenolic OH excluding ortho intramolecular Hbond substituents is 1. The number of phenols is 1. The number of aromatic hydroxyl groups is 1. The molecule has 5 amide bonds. The molecule has 9 N–H and O–H groups in total. The zero-order chi connectivity index (χ0) is 33.6. The van der Waals surface area contributed by atoms with E-state index in [-0.39, 0.29) is 37.4 Å². The van der Waals surface area contributed by atoms with Crippen LogP contribution < -0.4 is 32.3 Å². The van der Waals surface area contributed by atoms with Gasteiger partial charge in [-0.1, -0.05) is 56.3 Å². The van der Waals surface area contributed by atoms with Crippen molar-refractivity contribution in [2.24, 2.45) is 11.7 Å². The van der Waals surface area contributed by atoms with Crippen molar-refractivity contribution in [3.05, 3.63) is 65.7 Å². The van der Waals surface area contributed by atoms with Crippen LogP contribution in [0.25, 0.3) is 0 Å². The highest BCUT2D eigenvalue weighted by Crippen LogP contribution is 2.14. The van der Waals surface area contributed by atoms with E-state index in [2.05, 4.69) is 26.6 Å². The van der Waals surface area contributed by atoms with Crippen LogP contribution in [0.1, 0.15) is 50.7 Å². The number of hydrogen-bond donors (Lipinski definition) is 8. The maximum atomic E-state index is 13.8. The Kier molecular flexibility index (Phi) is 14.0. The summed E-state index contributed by atoms with van der Waals surface area (Å²) in [4.78, 5) is 68.0. The molecule has 1 fully saturated rings. The highest BCUT2D eigenvalue weighted by Gasteiger charge is 2.34. The highest BCUT2D eigenvalue weighted by molar-refractivity contribution is 5.98. The van der Waals surface area contributed by atoms with Crippen molar-refractivity contribution in [3.8, 4) is 5.75 Å². The summed E-state index contributed by atoms with van der Waals surface area (Å²) in [6.45, 7) is 3.35. The van der Waals surface area contributed by atoms with Crippen LogP contribution >= 0.6 is 0 Å². The first-order valence-electron chi connectivity index (χ1n) is 15.6. The van der Waals surface area contributed by atoms with Crippen molar-refractivity contribution in [1.29, 1.82) is 0 Å². The van der Waals surface area contributed by atoms with Crippen molar-refractivity contribution in [1.82, 2.24) is 26.6 Å². The molecule has 0 radical (unpaired) electrons. The quantitative estimate of drug-likeness (QED) is 0.154. The molecule has 46 heavy (non-hydrogen) atoms. The molecule has 5 atom stereocenters. The van der Waals surface area contributed by atoms with Gasteiger partial charge in [-0.25, -0.2) is 0 Å². The lowest BCUT2D eigenvalue weighted by Crippen LogP contribution is -2.59. The SMILES string of the molecule is CC(C)C[C@@H]1NC(=O)[C@H](CCCCN)NC(=O)[C@H](Cc2ccccc2)NC(=O)[C@H](Cc2ccc(O)cc2)NC(=O)[C@H](CO)NC1=O. The molecule has 1 aliphatic heterocycles. The zero-order valence-electron chi connectivity index (χ0n) is 26.3. The van der Waals surface area contributed by atoms with E-state index in [1.165, 1.54) is 12.1 Å². The predicted molar refractivity (Wildman–Crippen MR) is 171 cm³/mol. The Hall–Kier alpha value is -4.49. The molecule has 1 saturated heterocycles. The van der Waals surface area contributed by atoms with Gasteiger partial charge in [0.2, 0.25) is 29.5 Å². The summed E-state index contributed by atoms with van der Waals surface area (Å²) in [6, 6.07) is 9.16. The molecule has 1 aliphatic rings. The first-order chi connectivity index (χ1) is 22.0. The minimum absolute atomic E-state index is 0.0158. The van der Waals surface area contributed by atoms with Gasteiger partial charge in [0, 0.05) is 12.8 Å². The lowest BCUT2D eigenvalue weighted by atomic mass is 10.0. The van der Waals surface area contributed by atoms with Crippen LogP contribution in [0.4, 0.5) is 0 Å². The lowest BCUT2D eigenvalue weighted by molar-refractivity contribution is -0.134. The number of nitrogens with two attached hydrogens (primary N) is 1. The molecular weight excluding hydrogens is 592 g/mol. The molecule has 0 aromatic heterocycles. The molecule has 0 aliphatic carbocycles. The van der Waals surface area contributed by atoms with E-state index in [0.29, 0.717) is 24.9 Å². The first kappa shape index (κ1) is 36.0. The number of rotatable bonds is 11. The first-order valence-corrected chi connectivity index (χ1v) is 15.6.